The fourth-order valence-electron chi connectivity index (χ4n) is 3.12. The lowest BCUT2D eigenvalue weighted by atomic mass is 10.1. The van der Waals surface area contributed by atoms with E-state index in [4.69, 9.17) is 10.00 Å². The van der Waals surface area contributed by atoms with Crippen LogP contribution in [-0.2, 0) is 11.2 Å². The van der Waals surface area contributed by atoms with Crippen LogP contribution in [0.15, 0.2) is 24.3 Å². The summed E-state index contributed by atoms with van der Waals surface area (Å²) in [5.74, 6) is -0.0661. The van der Waals surface area contributed by atoms with Gasteiger partial charge in [0.05, 0.1) is 24.7 Å². The van der Waals surface area contributed by atoms with Crippen LogP contribution in [0, 0.1) is 11.3 Å². The van der Waals surface area contributed by atoms with E-state index < -0.39 is 0 Å². The number of nitrogens with zero attached hydrogens (tertiary/aromatic N) is 2. The molecule has 2 aliphatic heterocycles. The van der Waals surface area contributed by atoms with Crippen molar-refractivity contribution >= 4 is 5.91 Å². The Morgan fingerprint density at radius 2 is 2.00 bits per heavy atom. The molecular formula is C17H22N4O2. The third kappa shape index (κ3) is 4.29. The van der Waals surface area contributed by atoms with Gasteiger partial charge in [0.1, 0.15) is 0 Å². The summed E-state index contributed by atoms with van der Waals surface area (Å²) < 4.78 is 5.87. The minimum Gasteiger partial charge on any atom is -0.370 e. The Morgan fingerprint density at radius 1 is 1.30 bits per heavy atom. The number of fused-ring (bicyclic) bond motifs is 2. The molecule has 23 heavy (non-hydrogen) atoms. The molecule has 2 N–H and O–H groups in total. The summed E-state index contributed by atoms with van der Waals surface area (Å²) in [4.78, 5) is 14.5. The lowest BCUT2D eigenvalue weighted by molar-refractivity contribution is -0.102. The van der Waals surface area contributed by atoms with Gasteiger partial charge >= 0.3 is 0 Å². The van der Waals surface area contributed by atoms with E-state index in [1.54, 1.807) is 12.1 Å². The summed E-state index contributed by atoms with van der Waals surface area (Å²) in [7, 11) is 0. The number of nitrogens with one attached hydrogen (secondary N) is 2. The minimum absolute atomic E-state index is 0.0661. The Bertz CT molecular complexity index is 569. The number of ether oxygens (including phenoxy) is 1. The summed E-state index contributed by atoms with van der Waals surface area (Å²) in [6.45, 7) is 5.13. The van der Waals surface area contributed by atoms with Crippen molar-refractivity contribution in [2.75, 3.05) is 39.3 Å². The number of carbonyl (C=O) groups excluding carboxylic acids is 1. The van der Waals surface area contributed by atoms with Crippen molar-refractivity contribution in [3.8, 4) is 6.07 Å². The molecule has 6 heteroatoms. The SMILES string of the molecule is N#CCc1ccc(C(=O)NCCN2CC3CNCC(C2)O3)cc1. The smallest absolute Gasteiger partial charge is 0.251 e. The number of nitriles is 1. The van der Waals surface area contributed by atoms with Crippen molar-refractivity contribution in [3.63, 3.8) is 0 Å². The molecule has 6 nitrogen and oxygen atoms in total. The molecule has 2 fully saturated rings. The fraction of sp³-hybridized carbons (Fsp3) is 0.529. The first-order valence-electron chi connectivity index (χ1n) is 8.07. The molecule has 2 atom stereocenters. The second-order valence-electron chi connectivity index (χ2n) is 6.09. The zero-order valence-electron chi connectivity index (χ0n) is 13.1. The zero-order valence-corrected chi connectivity index (χ0v) is 13.1. The van der Waals surface area contributed by atoms with Crippen LogP contribution in [-0.4, -0.2) is 62.3 Å². The summed E-state index contributed by atoms with van der Waals surface area (Å²) in [6, 6.07) is 9.30. The van der Waals surface area contributed by atoms with Crippen LogP contribution in [0.25, 0.3) is 0 Å². The normalized spacial score (nSPS) is 24.0. The molecule has 3 rings (SSSR count). The lowest BCUT2D eigenvalue weighted by Crippen LogP contribution is -2.59. The molecule has 0 radical (unpaired) electrons. The third-order valence-corrected chi connectivity index (χ3v) is 4.27. The van der Waals surface area contributed by atoms with E-state index in [1.165, 1.54) is 0 Å². The van der Waals surface area contributed by atoms with Crippen LogP contribution < -0.4 is 10.6 Å². The fourth-order valence-corrected chi connectivity index (χ4v) is 3.12. The van der Waals surface area contributed by atoms with Crippen molar-refractivity contribution < 1.29 is 9.53 Å². The Balaban J connectivity index is 1.43. The average molecular weight is 314 g/mol. The Hall–Kier alpha value is -1.94. The molecule has 122 valence electrons. The maximum atomic E-state index is 12.1. The minimum atomic E-state index is -0.0661. The summed E-state index contributed by atoms with van der Waals surface area (Å²) in [5.41, 5.74) is 1.56. The van der Waals surface area contributed by atoms with Crippen molar-refractivity contribution in [2.24, 2.45) is 0 Å². The first kappa shape index (κ1) is 15.9. The van der Waals surface area contributed by atoms with Gasteiger partial charge < -0.3 is 15.4 Å². The van der Waals surface area contributed by atoms with Gasteiger partial charge in [-0.2, -0.15) is 5.26 Å². The van der Waals surface area contributed by atoms with Gasteiger partial charge in [-0.1, -0.05) is 12.1 Å². The molecule has 1 aromatic rings. The summed E-state index contributed by atoms with van der Waals surface area (Å²) in [5, 5.41) is 15.0. The van der Waals surface area contributed by atoms with Gasteiger partial charge in [-0.25, -0.2) is 0 Å². The highest BCUT2D eigenvalue weighted by atomic mass is 16.5. The lowest BCUT2D eigenvalue weighted by Gasteiger charge is -2.41. The van der Waals surface area contributed by atoms with Gasteiger partial charge in [0.25, 0.3) is 5.91 Å². The average Bonchev–Trinajstić information content (AvgIpc) is 2.55. The van der Waals surface area contributed by atoms with Gasteiger partial charge in [-0.05, 0) is 17.7 Å². The van der Waals surface area contributed by atoms with Gasteiger partial charge in [-0.15, -0.1) is 0 Å². The van der Waals surface area contributed by atoms with Crippen LogP contribution in [0.4, 0.5) is 0 Å². The monoisotopic (exact) mass is 314 g/mol. The number of hydrogen-bond acceptors (Lipinski definition) is 5. The molecule has 2 saturated heterocycles. The largest absolute Gasteiger partial charge is 0.370 e. The van der Waals surface area contributed by atoms with E-state index in [0.29, 0.717) is 18.5 Å². The molecule has 0 spiro atoms. The molecule has 2 bridgehead atoms. The summed E-state index contributed by atoms with van der Waals surface area (Å²) in [6.07, 6.45) is 0.910. The van der Waals surface area contributed by atoms with Gasteiger partial charge in [0.2, 0.25) is 0 Å². The second kappa shape index (κ2) is 7.55. The topological polar surface area (TPSA) is 77.4 Å². The molecule has 2 aliphatic rings. The molecule has 1 amide bonds. The highest BCUT2D eigenvalue weighted by molar-refractivity contribution is 5.94. The number of hydrogen-bond donors (Lipinski definition) is 2. The summed E-state index contributed by atoms with van der Waals surface area (Å²) >= 11 is 0. The number of morpholine rings is 2. The van der Waals surface area contributed by atoms with Crippen molar-refractivity contribution in [1.29, 1.82) is 5.26 Å². The maximum Gasteiger partial charge on any atom is 0.251 e. The molecule has 0 aliphatic carbocycles. The highest BCUT2D eigenvalue weighted by Gasteiger charge is 2.30. The molecule has 2 unspecified atom stereocenters. The van der Waals surface area contributed by atoms with Crippen LogP contribution >= 0.6 is 0 Å². The van der Waals surface area contributed by atoms with E-state index in [9.17, 15) is 4.79 Å². The molecule has 2 heterocycles. The number of carbonyl (C=O) groups is 1. The zero-order chi connectivity index (χ0) is 16.1. The van der Waals surface area contributed by atoms with E-state index in [-0.39, 0.29) is 18.1 Å². The van der Waals surface area contributed by atoms with Gasteiger partial charge in [0, 0.05) is 44.8 Å². The van der Waals surface area contributed by atoms with Gasteiger partial charge in [-0.3, -0.25) is 9.69 Å². The van der Waals surface area contributed by atoms with Crippen molar-refractivity contribution in [2.45, 2.75) is 18.6 Å². The number of amides is 1. The van der Waals surface area contributed by atoms with E-state index >= 15 is 0 Å². The van der Waals surface area contributed by atoms with Gasteiger partial charge in [0.15, 0.2) is 0 Å². The van der Waals surface area contributed by atoms with E-state index in [1.807, 2.05) is 12.1 Å². The molecular weight excluding hydrogens is 292 g/mol. The van der Waals surface area contributed by atoms with Crippen molar-refractivity contribution in [3.05, 3.63) is 35.4 Å². The highest BCUT2D eigenvalue weighted by Crippen LogP contribution is 2.13. The Kier molecular flexibility index (Phi) is 5.23. The van der Waals surface area contributed by atoms with E-state index in [0.717, 1.165) is 38.3 Å². The standard InChI is InChI=1S/C17H22N4O2/c18-6-5-13-1-3-14(4-2-13)17(22)20-7-8-21-11-15-9-19-10-16(12-21)23-15/h1-4,15-16,19H,5,7-12H2,(H,20,22). The first-order valence-corrected chi connectivity index (χ1v) is 8.07. The van der Waals surface area contributed by atoms with Crippen LogP contribution in [0.1, 0.15) is 15.9 Å². The number of rotatable bonds is 5. The Morgan fingerprint density at radius 3 is 2.65 bits per heavy atom. The maximum absolute atomic E-state index is 12.1. The molecule has 0 aromatic heterocycles. The quantitative estimate of drug-likeness (QED) is 0.809. The first-order chi connectivity index (χ1) is 11.2. The van der Waals surface area contributed by atoms with Crippen LogP contribution in [0.5, 0.6) is 0 Å². The van der Waals surface area contributed by atoms with Crippen LogP contribution in [0.2, 0.25) is 0 Å². The number of benzene rings is 1. The Labute approximate surface area is 136 Å². The molecule has 0 saturated carbocycles. The third-order valence-electron chi connectivity index (χ3n) is 4.27. The molecule has 1 aromatic carbocycles. The second-order valence-corrected chi connectivity index (χ2v) is 6.09. The predicted molar refractivity (Wildman–Crippen MR) is 86.1 cm³/mol. The van der Waals surface area contributed by atoms with E-state index in [2.05, 4.69) is 21.6 Å². The van der Waals surface area contributed by atoms with Crippen molar-refractivity contribution in [1.82, 2.24) is 15.5 Å². The van der Waals surface area contributed by atoms with Crippen LogP contribution in [0.3, 0.4) is 0 Å². The predicted octanol–water partition coefficient (Wildman–Crippen LogP) is 0.155.